The number of nitrogen functional groups attached to an aromatic ring is 1. The zero-order valence-electron chi connectivity index (χ0n) is 10.3. The summed E-state index contributed by atoms with van der Waals surface area (Å²) in [6.45, 7) is 1.20. The van der Waals surface area contributed by atoms with Crippen LogP contribution in [0.3, 0.4) is 0 Å². The van der Waals surface area contributed by atoms with Gasteiger partial charge in [-0.1, -0.05) is 0 Å². The molecular weight excluding hydrogens is 276 g/mol. The summed E-state index contributed by atoms with van der Waals surface area (Å²) in [5, 5.41) is 11.5. The standard InChI is InChI=1S/C13H10F4N2O/c1-7-12(9-3-2-8(18)6-11(9)14)10(13(15,16)17)4-5-19(7)20/h2-6H,18H2,1H3. The molecule has 2 N–H and O–H groups in total. The van der Waals surface area contributed by atoms with Crippen LogP contribution in [-0.4, -0.2) is 0 Å². The van der Waals surface area contributed by atoms with E-state index < -0.39 is 23.1 Å². The molecule has 0 radical (unpaired) electrons. The predicted octanol–water partition coefficient (Wildman–Crippen LogP) is 3.04. The van der Waals surface area contributed by atoms with Crippen LogP contribution in [0, 0.1) is 17.9 Å². The Morgan fingerprint density at radius 1 is 1.20 bits per heavy atom. The molecule has 0 unspecified atom stereocenters. The fourth-order valence-electron chi connectivity index (χ4n) is 1.95. The number of anilines is 1. The molecule has 1 aromatic carbocycles. The zero-order chi connectivity index (χ0) is 15.1. The molecule has 0 spiro atoms. The van der Waals surface area contributed by atoms with Crippen molar-refractivity contribution >= 4 is 5.69 Å². The van der Waals surface area contributed by atoms with Gasteiger partial charge in [-0.05, 0) is 18.2 Å². The Morgan fingerprint density at radius 3 is 2.40 bits per heavy atom. The van der Waals surface area contributed by atoms with Crippen LogP contribution in [0.5, 0.6) is 0 Å². The highest BCUT2D eigenvalue weighted by Crippen LogP contribution is 2.38. The van der Waals surface area contributed by atoms with Gasteiger partial charge in [0.1, 0.15) is 5.82 Å². The molecule has 106 valence electrons. The minimum atomic E-state index is -4.69. The summed E-state index contributed by atoms with van der Waals surface area (Å²) in [6.07, 6.45) is -3.95. The fraction of sp³-hybridized carbons (Fsp3) is 0.154. The van der Waals surface area contributed by atoms with Crippen molar-refractivity contribution < 1.29 is 22.3 Å². The van der Waals surface area contributed by atoms with E-state index >= 15 is 0 Å². The summed E-state index contributed by atoms with van der Waals surface area (Å²) >= 11 is 0. The first-order valence-corrected chi connectivity index (χ1v) is 5.57. The topological polar surface area (TPSA) is 53.0 Å². The molecule has 2 rings (SSSR count). The highest BCUT2D eigenvalue weighted by atomic mass is 19.4. The predicted molar refractivity (Wildman–Crippen MR) is 64.9 cm³/mol. The Hall–Kier alpha value is -2.31. The first-order chi connectivity index (χ1) is 9.21. The lowest BCUT2D eigenvalue weighted by Gasteiger charge is -2.15. The van der Waals surface area contributed by atoms with Crippen LogP contribution in [-0.2, 0) is 6.18 Å². The fourth-order valence-corrected chi connectivity index (χ4v) is 1.95. The first-order valence-electron chi connectivity index (χ1n) is 5.57. The van der Waals surface area contributed by atoms with Gasteiger partial charge in [0.05, 0.1) is 11.1 Å². The zero-order valence-corrected chi connectivity index (χ0v) is 10.3. The molecule has 3 nitrogen and oxygen atoms in total. The Balaban J connectivity index is 2.81. The highest BCUT2D eigenvalue weighted by Gasteiger charge is 2.37. The normalized spacial score (nSPS) is 11.7. The third-order valence-corrected chi connectivity index (χ3v) is 2.91. The smallest absolute Gasteiger partial charge is 0.417 e. The van der Waals surface area contributed by atoms with E-state index in [1.807, 2.05) is 0 Å². The lowest BCUT2D eigenvalue weighted by molar-refractivity contribution is -0.611. The third-order valence-electron chi connectivity index (χ3n) is 2.91. The molecule has 20 heavy (non-hydrogen) atoms. The lowest BCUT2D eigenvalue weighted by Crippen LogP contribution is -2.31. The van der Waals surface area contributed by atoms with E-state index in [1.165, 1.54) is 13.0 Å². The van der Waals surface area contributed by atoms with Crippen molar-refractivity contribution in [3.8, 4) is 11.1 Å². The van der Waals surface area contributed by atoms with Gasteiger partial charge in [-0.25, -0.2) is 4.39 Å². The summed E-state index contributed by atoms with van der Waals surface area (Å²) in [4.78, 5) is 0. The van der Waals surface area contributed by atoms with Crippen LogP contribution in [0.25, 0.3) is 11.1 Å². The third kappa shape index (κ3) is 2.38. The summed E-state index contributed by atoms with van der Waals surface area (Å²) in [5.74, 6) is -0.912. The van der Waals surface area contributed by atoms with Crippen molar-refractivity contribution in [2.45, 2.75) is 13.1 Å². The number of pyridine rings is 1. The number of benzene rings is 1. The Morgan fingerprint density at radius 2 is 1.85 bits per heavy atom. The number of rotatable bonds is 1. The molecule has 2 aromatic rings. The molecule has 0 saturated heterocycles. The van der Waals surface area contributed by atoms with Crippen molar-refractivity contribution in [2.75, 3.05) is 5.73 Å². The number of hydrogen-bond donors (Lipinski definition) is 1. The molecule has 7 heteroatoms. The van der Waals surface area contributed by atoms with Crippen molar-refractivity contribution in [3.63, 3.8) is 0 Å². The van der Waals surface area contributed by atoms with E-state index in [0.717, 1.165) is 18.3 Å². The van der Waals surface area contributed by atoms with Gasteiger partial charge in [-0.3, -0.25) is 0 Å². The van der Waals surface area contributed by atoms with Gasteiger partial charge in [0.25, 0.3) is 0 Å². The van der Waals surface area contributed by atoms with Crippen LogP contribution in [0.2, 0.25) is 0 Å². The van der Waals surface area contributed by atoms with E-state index in [1.54, 1.807) is 0 Å². The van der Waals surface area contributed by atoms with E-state index in [2.05, 4.69) is 0 Å². The minimum Gasteiger partial charge on any atom is -0.618 e. The molecule has 0 aliphatic rings. The number of nitrogens with zero attached hydrogens (tertiary/aromatic N) is 1. The molecule has 1 aromatic heterocycles. The van der Waals surface area contributed by atoms with E-state index in [4.69, 9.17) is 5.73 Å². The highest BCUT2D eigenvalue weighted by molar-refractivity contribution is 5.71. The molecule has 0 saturated carbocycles. The molecule has 0 amide bonds. The van der Waals surface area contributed by atoms with Gasteiger partial charge in [-0.15, -0.1) is 0 Å². The van der Waals surface area contributed by atoms with Crippen LogP contribution in [0.15, 0.2) is 30.5 Å². The average molecular weight is 286 g/mol. The van der Waals surface area contributed by atoms with Crippen molar-refractivity contribution in [3.05, 3.63) is 52.7 Å². The van der Waals surface area contributed by atoms with Gasteiger partial charge in [-0.2, -0.15) is 17.9 Å². The summed E-state index contributed by atoms with van der Waals surface area (Å²) < 4.78 is 53.1. The van der Waals surface area contributed by atoms with Crippen LogP contribution >= 0.6 is 0 Å². The molecule has 0 fully saturated rings. The van der Waals surface area contributed by atoms with E-state index in [-0.39, 0.29) is 21.7 Å². The summed E-state index contributed by atoms with van der Waals surface area (Å²) in [7, 11) is 0. The Labute approximate surface area is 111 Å². The molecule has 1 heterocycles. The summed E-state index contributed by atoms with van der Waals surface area (Å²) in [5.41, 5.74) is 3.37. The van der Waals surface area contributed by atoms with Crippen molar-refractivity contribution in [1.82, 2.24) is 0 Å². The van der Waals surface area contributed by atoms with Crippen LogP contribution < -0.4 is 10.5 Å². The molecular formula is C13H10F4N2O. The van der Waals surface area contributed by atoms with Gasteiger partial charge >= 0.3 is 6.18 Å². The van der Waals surface area contributed by atoms with Gasteiger partial charge in [0.15, 0.2) is 11.9 Å². The maximum absolute atomic E-state index is 13.9. The summed E-state index contributed by atoms with van der Waals surface area (Å²) in [6, 6.07) is 3.95. The minimum absolute atomic E-state index is 0.0865. The van der Waals surface area contributed by atoms with Gasteiger partial charge < -0.3 is 10.9 Å². The number of nitrogens with two attached hydrogens (primary N) is 1. The number of hydrogen-bond acceptors (Lipinski definition) is 2. The van der Waals surface area contributed by atoms with Crippen molar-refractivity contribution in [2.24, 2.45) is 0 Å². The average Bonchev–Trinajstić information content (AvgIpc) is 2.32. The number of halogens is 4. The monoisotopic (exact) mass is 286 g/mol. The second-order valence-corrected chi connectivity index (χ2v) is 4.25. The second kappa shape index (κ2) is 4.66. The number of aromatic nitrogens is 1. The largest absolute Gasteiger partial charge is 0.618 e. The molecule has 0 atom stereocenters. The van der Waals surface area contributed by atoms with E-state index in [0.29, 0.717) is 6.07 Å². The Kier molecular flexibility index (Phi) is 3.29. The quantitative estimate of drug-likeness (QED) is 0.379. The maximum Gasteiger partial charge on any atom is 0.417 e. The maximum atomic E-state index is 13.9. The van der Waals surface area contributed by atoms with Gasteiger partial charge in [0, 0.05) is 24.2 Å². The molecule has 0 aliphatic carbocycles. The first kappa shape index (κ1) is 14.1. The SMILES string of the molecule is Cc1c(-c2ccc(N)cc2F)c(C(F)(F)F)cc[n+]1[O-]. The molecule has 0 aliphatic heterocycles. The molecule has 0 bridgehead atoms. The second-order valence-electron chi connectivity index (χ2n) is 4.25. The van der Waals surface area contributed by atoms with Crippen LogP contribution in [0.1, 0.15) is 11.3 Å². The van der Waals surface area contributed by atoms with Crippen molar-refractivity contribution in [1.29, 1.82) is 0 Å². The van der Waals surface area contributed by atoms with E-state index in [9.17, 15) is 22.8 Å². The Bertz CT molecular complexity index is 668. The van der Waals surface area contributed by atoms with Crippen LogP contribution in [0.4, 0.5) is 23.2 Å². The lowest BCUT2D eigenvalue weighted by atomic mass is 9.97. The number of alkyl halides is 3. The van der Waals surface area contributed by atoms with Gasteiger partial charge in [0.2, 0.25) is 0 Å².